The van der Waals surface area contributed by atoms with Crippen molar-refractivity contribution >= 4 is 5.96 Å². The van der Waals surface area contributed by atoms with E-state index in [-0.39, 0.29) is 5.54 Å². The molecule has 0 bridgehead atoms. The van der Waals surface area contributed by atoms with Crippen LogP contribution in [-0.2, 0) is 6.54 Å². The van der Waals surface area contributed by atoms with Gasteiger partial charge in [-0.2, -0.15) is 5.10 Å². The van der Waals surface area contributed by atoms with Gasteiger partial charge < -0.3 is 10.6 Å². The number of rotatable bonds is 7. The fourth-order valence-corrected chi connectivity index (χ4v) is 2.94. The van der Waals surface area contributed by atoms with Crippen molar-refractivity contribution in [1.82, 2.24) is 25.3 Å². The zero-order valence-electron chi connectivity index (χ0n) is 14.9. The molecule has 6 heteroatoms. The largest absolute Gasteiger partial charge is 0.357 e. The Morgan fingerprint density at radius 3 is 2.65 bits per heavy atom. The zero-order chi connectivity index (χ0) is 16.5. The highest BCUT2D eigenvalue weighted by molar-refractivity contribution is 5.79. The molecule has 0 saturated carbocycles. The number of likely N-dealkylation sites (tertiary alicyclic amines) is 1. The molecule has 0 aliphatic carbocycles. The van der Waals surface area contributed by atoms with E-state index in [0.717, 1.165) is 32.1 Å². The number of nitrogens with zero attached hydrogens (tertiary/aromatic N) is 4. The van der Waals surface area contributed by atoms with Crippen LogP contribution in [0, 0.1) is 0 Å². The van der Waals surface area contributed by atoms with E-state index in [0.29, 0.717) is 0 Å². The van der Waals surface area contributed by atoms with Crippen molar-refractivity contribution in [2.24, 2.45) is 4.99 Å². The van der Waals surface area contributed by atoms with E-state index in [1.807, 2.05) is 16.9 Å². The van der Waals surface area contributed by atoms with Crippen LogP contribution in [0.3, 0.4) is 0 Å². The van der Waals surface area contributed by atoms with E-state index >= 15 is 0 Å². The molecule has 1 aromatic rings. The fraction of sp³-hybridized carbons (Fsp3) is 0.765. The van der Waals surface area contributed by atoms with Crippen LogP contribution in [0.2, 0.25) is 0 Å². The molecule has 2 heterocycles. The molecule has 1 aliphatic rings. The summed E-state index contributed by atoms with van der Waals surface area (Å²) in [6, 6.07) is 1.94. The second-order valence-corrected chi connectivity index (χ2v) is 6.75. The molecule has 0 aromatic carbocycles. The van der Waals surface area contributed by atoms with Crippen LogP contribution in [-0.4, -0.2) is 58.9 Å². The molecule has 2 rings (SSSR count). The van der Waals surface area contributed by atoms with E-state index < -0.39 is 0 Å². The Labute approximate surface area is 140 Å². The second-order valence-electron chi connectivity index (χ2n) is 6.75. The van der Waals surface area contributed by atoms with Crippen LogP contribution in [0.5, 0.6) is 0 Å². The van der Waals surface area contributed by atoms with Crippen LogP contribution >= 0.6 is 0 Å². The third-order valence-corrected chi connectivity index (χ3v) is 4.37. The van der Waals surface area contributed by atoms with Crippen molar-refractivity contribution in [2.75, 3.05) is 32.7 Å². The van der Waals surface area contributed by atoms with Crippen LogP contribution in [0.4, 0.5) is 0 Å². The SMILES string of the molecule is CCNC(=NCC(C)(C)N1CCCCC1)NCCn1cccn1. The summed E-state index contributed by atoms with van der Waals surface area (Å²) in [5.74, 6) is 0.893. The van der Waals surface area contributed by atoms with Crippen molar-refractivity contribution in [3.8, 4) is 0 Å². The van der Waals surface area contributed by atoms with Gasteiger partial charge in [-0.25, -0.2) is 0 Å². The summed E-state index contributed by atoms with van der Waals surface area (Å²) in [6.45, 7) is 12.4. The fourth-order valence-electron chi connectivity index (χ4n) is 2.94. The number of nitrogens with one attached hydrogen (secondary N) is 2. The smallest absolute Gasteiger partial charge is 0.191 e. The van der Waals surface area contributed by atoms with Crippen LogP contribution in [0.25, 0.3) is 0 Å². The predicted octanol–water partition coefficient (Wildman–Crippen LogP) is 1.70. The molecule has 0 unspecified atom stereocenters. The highest BCUT2D eigenvalue weighted by Gasteiger charge is 2.27. The number of hydrogen-bond donors (Lipinski definition) is 2. The summed E-state index contributed by atoms with van der Waals surface area (Å²) in [7, 11) is 0. The van der Waals surface area contributed by atoms with Gasteiger partial charge >= 0.3 is 0 Å². The monoisotopic (exact) mass is 320 g/mol. The van der Waals surface area contributed by atoms with Gasteiger partial charge in [0.25, 0.3) is 0 Å². The minimum Gasteiger partial charge on any atom is -0.357 e. The summed E-state index contributed by atoms with van der Waals surface area (Å²) in [5.41, 5.74) is 0.116. The van der Waals surface area contributed by atoms with Crippen molar-refractivity contribution in [3.05, 3.63) is 18.5 Å². The summed E-state index contributed by atoms with van der Waals surface area (Å²) in [4.78, 5) is 7.38. The minimum absolute atomic E-state index is 0.116. The van der Waals surface area contributed by atoms with Crippen LogP contribution in [0.15, 0.2) is 23.5 Å². The maximum atomic E-state index is 4.80. The predicted molar refractivity (Wildman–Crippen MR) is 95.7 cm³/mol. The van der Waals surface area contributed by atoms with E-state index in [2.05, 4.69) is 41.4 Å². The molecule has 1 fully saturated rings. The number of hydrogen-bond acceptors (Lipinski definition) is 3. The van der Waals surface area contributed by atoms with E-state index in [4.69, 9.17) is 4.99 Å². The van der Waals surface area contributed by atoms with Gasteiger partial charge in [0.2, 0.25) is 0 Å². The lowest BCUT2D eigenvalue weighted by molar-refractivity contribution is 0.102. The Morgan fingerprint density at radius 2 is 2.00 bits per heavy atom. The molecule has 23 heavy (non-hydrogen) atoms. The summed E-state index contributed by atoms with van der Waals surface area (Å²) in [5, 5.41) is 10.9. The lowest BCUT2D eigenvalue weighted by atomic mass is 9.99. The van der Waals surface area contributed by atoms with Crippen molar-refractivity contribution in [1.29, 1.82) is 0 Å². The summed E-state index contributed by atoms with van der Waals surface area (Å²) in [6.07, 6.45) is 7.78. The van der Waals surface area contributed by atoms with E-state index in [9.17, 15) is 0 Å². The lowest BCUT2D eigenvalue weighted by Gasteiger charge is -2.40. The molecule has 0 radical (unpaired) electrons. The van der Waals surface area contributed by atoms with Gasteiger partial charge in [0.05, 0.1) is 13.1 Å². The summed E-state index contributed by atoms with van der Waals surface area (Å²) < 4.78 is 1.92. The van der Waals surface area contributed by atoms with E-state index in [1.165, 1.54) is 32.4 Å². The number of aromatic nitrogens is 2. The molecule has 0 spiro atoms. The van der Waals surface area contributed by atoms with Gasteiger partial charge in [-0.15, -0.1) is 0 Å². The number of aliphatic imine (C=N–C) groups is 1. The molecular weight excluding hydrogens is 288 g/mol. The van der Waals surface area contributed by atoms with Gasteiger partial charge in [-0.05, 0) is 52.8 Å². The average molecular weight is 320 g/mol. The lowest BCUT2D eigenvalue weighted by Crippen LogP contribution is -2.49. The highest BCUT2D eigenvalue weighted by Crippen LogP contribution is 2.20. The molecule has 1 aliphatic heterocycles. The molecule has 0 amide bonds. The highest BCUT2D eigenvalue weighted by atomic mass is 15.3. The minimum atomic E-state index is 0.116. The quantitative estimate of drug-likeness (QED) is 0.593. The normalized spacial score (nSPS) is 17.3. The molecule has 1 aromatic heterocycles. The van der Waals surface area contributed by atoms with Gasteiger partial charge in [-0.1, -0.05) is 6.42 Å². The van der Waals surface area contributed by atoms with Crippen molar-refractivity contribution in [3.63, 3.8) is 0 Å². The van der Waals surface area contributed by atoms with Crippen molar-refractivity contribution in [2.45, 2.75) is 52.1 Å². The summed E-state index contributed by atoms with van der Waals surface area (Å²) >= 11 is 0. The third-order valence-electron chi connectivity index (χ3n) is 4.37. The van der Waals surface area contributed by atoms with Gasteiger partial charge in [0.15, 0.2) is 5.96 Å². The standard InChI is InChI=1S/C17H32N6/c1-4-18-16(19-10-14-23-13-8-9-21-23)20-15-17(2,3)22-11-6-5-7-12-22/h8-9,13H,4-7,10-12,14-15H2,1-3H3,(H2,18,19,20). The Morgan fingerprint density at radius 1 is 1.22 bits per heavy atom. The molecular formula is C17H32N6. The van der Waals surface area contributed by atoms with Gasteiger partial charge in [0.1, 0.15) is 0 Å². The molecule has 2 N–H and O–H groups in total. The first kappa shape index (κ1) is 17.8. The van der Waals surface area contributed by atoms with Gasteiger partial charge in [0, 0.05) is 31.0 Å². The topological polar surface area (TPSA) is 57.5 Å². The van der Waals surface area contributed by atoms with Crippen LogP contribution < -0.4 is 10.6 Å². The first-order valence-corrected chi connectivity index (χ1v) is 8.86. The number of piperidine rings is 1. The number of guanidine groups is 1. The first-order chi connectivity index (χ1) is 11.1. The Hall–Kier alpha value is -1.56. The van der Waals surface area contributed by atoms with E-state index in [1.54, 1.807) is 6.20 Å². The van der Waals surface area contributed by atoms with Gasteiger partial charge in [-0.3, -0.25) is 14.6 Å². The zero-order valence-corrected chi connectivity index (χ0v) is 14.9. The Kier molecular flexibility index (Phi) is 6.89. The maximum Gasteiger partial charge on any atom is 0.191 e. The molecule has 0 atom stereocenters. The molecule has 6 nitrogen and oxygen atoms in total. The average Bonchev–Trinajstić information content (AvgIpc) is 3.07. The first-order valence-electron chi connectivity index (χ1n) is 8.86. The Bertz CT molecular complexity index is 459. The molecule has 1 saturated heterocycles. The van der Waals surface area contributed by atoms with Crippen molar-refractivity contribution < 1.29 is 0 Å². The third kappa shape index (κ3) is 5.86. The molecule has 130 valence electrons. The second kappa shape index (κ2) is 8.91. The van der Waals surface area contributed by atoms with Crippen LogP contribution in [0.1, 0.15) is 40.0 Å². The Balaban J connectivity index is 1.83. The maximum absolute atomic E-state index is 4.80.